The average Bonchev–Trinajstić information content (AvgIpc) is 3.42. The Bertz CT molecular complexity index is 1170. The van der Waals surface area contributed by atoms with Crippen molar-refractivity contribution in [1.82, 2.24) is 0 Å². The van der Waals surface area contributed by atoms with Gasteiger partial charge in [-0.1, -0.05) is 18.2 Å². The first-order valence-electron chi connectivity index (χ1n) is 9.88. The predicted octanol–water partition coefficient (Wildman–Crippen LogP) is 5.23. The van der Waals surface area contributed by atoms with E-state index in [1.165, 1.54) is 6.26 Å². The molecule has 1 atom stereocenters. The fraction of sp³-hybridized carbons (Fsp3) is 0.167. The van der Waals surface area contributed by atoms with E-state index in [2.05, 4.69) is 29.5 Å². The van der Waals surface area contributed by atoms with Crippen LogP contribution in [0.3, 0.4) is 0 Å². The highest BCUT2D eigenvalue weighted by molar-refractivity contribution is 7.16. The van der Waals surface area contributed by atoms with Crippen molar-refractivity contribution in [1.29, 1.82) is 0 Å². The summed E-state index contributed by atoms with van der Waals surface area (Å²) in [7, 11) is 1.65. The number of carbonyl (C=O) groups is 1. The first-order chi connectivity index (χ1) is 15.1. The summed E-state index contributed by atoms with van der Waals surface area (Å²) in [4.78, 5) is 17.1. The highest BCUT2D eigenvalue weighted by atomic mass is 32.1. The van der Waals surface area contributed by atoms with Crippen molar-refractivity contribution < 1.29 is 18.9 Å². The Balaban J connectivity index is 1.79. The second-order valence-electron chi connectivity index (χ2n) is 7.09. The zero-order valence-electron chi connectivity index (χ0n) is 17.6. The Hall–Kier alpha value is -3.58. The van der Waals surface area contributed by atoms with Gasteiger partial charge >= 0.3 is 0 Å². The van der Waals surface area contributed by atoms with E-state index in [0.29, 0.717) is 0 Å². The van der Waals surface area contributed by atoms with Crippen molar-refractivity contribution in [2.75, 3.05) is 17.7 Å². The number of rotatable bonds is 7. The molecule has 4 aromatic rings. The molecule has 1 aromatic carbocycles. The van der Waals surface area contributed by atoms with Crippen LogP contribution in [0.15, 0.2) is 71.5 Å². The minimum absolute atomic E-state index is 0.217. The number of hydrogen-bond donors (Lipinski definition) is 2. The highest BCUT2D eigenvalue weighted by Crippen LogP contribution is 2.41. The van der Waals surface area contributed by atoms with Crippen molar-refractivity contribution in [3.8, 4) is 5.75 Å². The van der Waals surface area contributed by atoms with Crippen LogP contribution in [-0.4, -0.2) is 13.0 Å². The van der Waals surface area contributed by atoms with Gasteiger partial charge in [-0.3, -0.25) is 10.1 Å². The zero-order valence-corrected chi connectivity index (χ0v) is 18.4. The third-order valence-corrected chi connectivity index (χ3v) is 6.27. The first-order valence-corrected chi connectivity index (χ1v) is 10.7. The fourth-order valence-corrected chi connectivity index (χ4v) is 4.53. The molecular weight excluding hydrogens is 410 g/mol. The molecule has 0 aliphatic heterocycles. The molecule has 0 aliphatic rings. The number of nitrogens with one attached hydrogen (secondary N) is 3. The normalized spacial score (nSPS) is 11.7. The van der Waals surface area contributed by atoms with Crippen molar-refractivity contribution in [3.63, 3.8) is 0 Å². The van der Waals surface area contributed by atoms with Crippen LogP contribution in [0, 0.1) is 13.8 Å². The molecule has 158 valence electrons. The maximum Gasteiger partial charge on any atom is 0.291 e. The van der Waals surface area contributed by atoms with E-state index in [1.54, 1.807) is 30.6 Å². The van der Waals surface area contributed by atoms with E-state index < -0.39 is 0 Å². The summed E-state index contributed by atoms with van der Waals surface area (Å²) in [6.45, 7) is 4.14. The van der Waals surface area contributed by atoms with Crippen molar-refractivity contribution in [2.24, 2.45) is 0 Å². The van der Waals surface area contributed by atoms with E-state index in [-0.39, 0.29) is 17.7 Å². The summed E-state index contributed by atoms with van der Waals surface area (Å²) in [6.07, 6.45) is 3.36. The number of benzene rings is 1. The van der Waals surface area contributed by atoms with Crippen molar-refractivity contribution >= 4 is 28.1 Å². The summed E-state index contributed by atoms with van der Waals surface area (Å²) in [5.74, 6) is 1.63. The van der Waals surface area contributed by atoms with Gasteiger partial charge in [0.1, 0.15) is 16.8 Å². The van der Waals surface area contributed by atoms with Gasteiger partial charge in [0.25, 0.3) is 11.7 Å². The molecule has 6 nitrogen and oxygen atoms in total. The molecule has 7 heteroatoms. The molecule has 0 radical (unpaired) electrons. The molecule has 3 heterocycles. The lowest BCUT2D eigenvalue weighted by Crippen LogP contribution is -2.21. The van der Waals surface area contributed by atoms with Crippen LogP contribution in [0.2, 0.25) is 0 Å². The van der Waals surface area contributed by atoms with Gasteiger partial charge in [0.15, 0.2) is 5.76 Å². The van der Waals surface area contributed by atoms with Gasteiger partial charge in [-0.25, -0.2) is 4.98 Å². The lowest BCUT2D eigenvalue weighted by molar-refractivity contribution is -0.361. The monoisotopic (exact) mass is 434 g/mol. The Morgan fingerprint density at radius 1 is 1.13 bits per heavy atom. The first kappa shape index (κ1) is 20.7. The number of anilines is 2. The summed E-state index contributed by atoms with van der Waals surface area (Å²) < 4.78 is 10.7. The van der Waals surface area contributed by atoms with E-state index in [9.17, 15) is 4.79 Å². The second kappa shape index (κ2) is 9.06. The molecule has 0 unspecified atom stereocenters. The number of aromatic amines is 1. The number of hydrogen-bond acceptors (Lipinski definition) is 5. The molecular formula is C24H24N3O3S+. The smallest absolute Gasteiger partial charge is 0.291 e. The number of methoxy groups -OCH3 is 1. The van der Waals surface area contributed by atoms with Crippen LogP contribution < -0.4 is 20.4 Å². The Morgan fingerprint density at radius 2 is 2.00 bits per heavy atom. The number of carbonyl (C=O) groups excluding carboxylic acids is 1. The molecule has 0 saturated carbocycles. The minimum atomic E-state index is -0.275. The molecule has 4 rings (SSSR count). The van der Waals surface area contributed by atoms with Crippen LogP contribution >= 0.6 is 11.3 Å². The topological polar surface area (TPSA) is 77.6 Å². The number of aromatic nitrogens is 1. The van der Waals surface area contributed by atoms with Gasteiger partial charge in [-0.05, 0) is 49.7 Å². The molecule has 3 aromatic heterocycles. The van der Waals surface area contributed by atoms with Gasteiger partial charge in [0, 0.05) is 22.1 Å². The summed E-state index contributed by atoms with van der Waals surface area (Å²) >= 11 is 1.56. The summed E-state index contributed by atoms with van der Waals surface area (Å²) in [5.41, 5.74) is 3.15. The number of thiophene rings is 1. The number of amides is 1. The lowest BCUT2D eigenvalue weighted by Gasteiger charge is -2.18. The maximum absolute atomic E-state index is 12.7. The number of furan rings is 1. The van der Waals surface area contributed by atoms with Gasteiger partial charge in [0.2, 0.25) is 0 Å². The largest absolute Gasteiger partial charge is 0.497 e. The number of H-pyrrole nitrogens is 1. The van der Waals surface area contributed by atoms with Crippen LogP contribution in [0.4, 0.5) is 10.8 Å². The summed E-state index contributed by atoms with van der Waals surface area (Å²) in [6, 6.07) is 16.9. The summed E-state index contributed by atoms with van der Waals surface area (Å²) in [5, 5.41) is 7.41. The van der Waals surface area contributed by atoms with Gasteiger partial charge < -0.3 is 14.5 Å². The molecule has 31 heavy (non-hydrogen) atoms. The number of pyridine rings is 1. The van der Waals surface area contributed by atoms with Crippen LogP contribution in [0.5, 0.6) is 5.75 Å². The Kier molecular flexibility index (Phi) is 6.04. The van der Waals surface area contributed by atoms with Crippen LogP contribution in [-0.2, 0) is 0 Å². The number of ether oxygens (including phenoxy) is 1. The van der Waals surface area contributed by atoms with E-state index in [4.69, 9.17) is 9.15 Å². The predicted molar refractivity (Wildman–Crippen MR) is 122 cm³/mol. The molecule has 3 N–H and O–H groups in total. The molecule has 0 bridgehead atoms. The fourth-order valence-electron chi connectivity index (χ4n) is 3.44. The maximum atomic E-state index is 12.7. The minimum Gasteiger partial charge on any atom is -0.497 e. The van der Waals surface area contributed by atoms with Crippen molar-refractivity contribution in [3.05, 3.63) is 94.4 Å². The van der Waals surface area contributed by atoms with Gasteiger partial charge in [-0.2, -0.15) is 0 Å². The molecule has 0 saturated heterocycles. The van der Waals surface area contributed by atoms with Gasteiger partial charge in [0.05, 0.1) is 19.6 Å². The van der Waals surface area contributed by atoms with Crippen LogP contribution in [0.25, 0.3) is 0 Å². The van der Waals surface area contributed by atoms with E-state index >= 15 is 0 Å². The molecule has 0 spiro atoms. The molecule has 0 aliphatic carbocycles. The van der Waals surface area contributed by atoms with E-state index in [1.807, 2.05) is 48.7 Å². The second-order valence-corrected chi connectivity index (χ2v) is 8.31. The lowest BCUT2D eigenvalue weighted by atomic mass is 9.96. The molecule has 1 amide bonds. The Morgan fingerprint density at radius 3 is 2.71 bits per heavy atom. The van der Waals surface area contributed by atoms with Crippen LogP contribution in [0.1, 0.15) is 38.2 Å². The Labute approximate surface area is 184 Å². The standard InChI is InChI=1S/C24H23N3O3S/c1-15-16(2)31-24(27-23(28)19-10-7-13-30-19)21(15)22(26-20-11-4-5-12-25-20)17-8-6-9-18(14-17)29-3/h4-14,22H,1-3H3,(H,25,26)(H,27,28)/p+1/t22-/m0/s1. The third kappa shape index (κ3) is 4.46. The van der Waals surface area contributed by atoms with Gasteiger partial charge in [-0.15, -0.1) is 11.3 Å². The zero-order chi connectivity index (χ0) is 21.8. The third-order valence-electron chi connectivity index (χ3n) is 5.13. The number of aryl methyl sites for hydroxylation is 1. The highest BCUT2D eigenvalue weighted by Gasteiger charge is 2.29. The quantitative estimate of drug-likeness (QED) is 0.417. The average molecular weight is 435 g/mol. The van der Waals surface area contributed by atoms with E-state index in [0.717, 1.165) is 38.1 Å². The SMILES string of the molecule is COc1cccc([C@H](Nc2cccc[nH+]2)c2c(NC(=O)c3ccco3)sc(C)c2C)c1. The molecule has 0 fully saturated rings. The van der Waals surface area contributed by atoms with Crippen molar-refractivity contribution in [2.45, 2.75) is 19.9 Å².